The largest absolute Gasteiger partial charge is 0.493 e. The van der Waals surface area contributed by atoms with Crippen molar-refractivity contribution in [3.8, 4) is 17.2 Å². The van der Waals surface area contributed by atoms with Gasteiger partial charge in [-0.15, -0.1) is 0 Å². The van der Waals surface area contributed by atoms with Crippen molar-refractivity contribution in [3.05, 3.63) is 75.7 Å². The second-order valence-electron chi connectivity index (χ2n) is 6.17. The average molecular weight is 401 g/mol. The van der Waals surface area contributed by atoms with Crippen LogP contribution in [0.25, 0.3) is 5.69 Å². The van der Waals surface area contributed by atoms with Crippen LogP contribution < -0.4 is 15.0 Å². The number of halogens is 2. The van der Waals surface area contributed by atoms with Gasteiger partial charge in [-0.3, -0.25) is 19.1 Å². The predicted octanol–water partition coefficient (Wildman–Crippen LogP) is 3.00. The smallest absolute Gasteiger partial charge is 0.259 e. The van der Waals surface area contributed by atoms with E-state index >= 15 is 0 Å². The van der Waals surface area contributed by atoms with Crippen LogP contribution in [-0.4, -0.2) is 27.4 Å². The summed E-state index contributed by atoms with van der Waals surface area (Å²) in [6, 6.07) is 4.95. The van der Waals surface area contributed by atoms with Crippen LogP contribution in [0.1, 0.15) is 28.8 Å². The molecule has 0 aliphatic heterocycles. The fourth-order valence-corrected chi connectivity index (χ4v) is 2.72. The first-order valence-corrected chi connectivity index (χ1v) is 8.52. The van der Waals surface area contributed by atoms with E-state index in [2.05, 4.69) is 9.97 Å². The number of carbonyl (C=O) groups is 1. The van der Waals surface area contributed by atoms with E-state index in [0.29, 0.717) is 23.2 Å². The van der Waals surface area contributed by atoms with Gasteiger partial charge in [-0.2, -0.15) is 0 Å². The van der Waals surface area contributed by atoms with Gasteiger partial charge in [-0.1, -0.05) is 0 Å². The number of Topliss-reactive ketones (excluding diaryl/α,β-unsaturated/α-hetero) is 1. The summed E-state index contributed by atoms with van der Waals surface area (Å²) in [5.74, 6) is -1.39. The van der Waals surface area contributed by atoms with Gasteiger partial charge in [0.05, 0.1) is 25.2 Å². The topological polar surface area (TPSA) is 83.3 Å². The molecule has 29 heavy (non-hydrogen) atoms. The van der Waals surface area contributed by atoms with Crippen molar-refractivity contribution >= 4 is 5.78 Å². The number of hydrogen-bond acceptors (Lipinski definition) is 6. The van der Waals surface area contributed by atoms with Gasteiger partial charge in [0.25, 0.3) is 5.56 Å². The third-order valence-corrected chi connectivity index (χ3v) is 4.12. The Bertz CT molecular complexity index is 1150. The van der Waals surface area contributed by atoms with Gasteiger partial charge in [0, 0.05) is 30.8 Å². The maximum absolute atomic E-state index is 13.7. The zero-order valence-corrected chi connectivity index (χ0v) is 15.9. The van der Waals surface area contributed by atoms with E-state index in [4.69, 9.17) is 9.47 Å². The summed E-state index contributed by atoms with van der Waals surface area (Å²) in [6.45, 7) is 2.76. The van der Waals surface area contributed by atoms with Crippen LogP contribution in [0.2, 0.25) is 0 Å². The van der Waals surface area contributed by atoms with Crippen molar-refractivity contribution in [3.63, 3.8) is 0 Å². The highest BCUT2D eigenvalue weighted by atomic mass is 19.1. The first-order valence-electron chi connectivity index (χ1n) is 8.52. The summed E-state index contributed by atoms with van der Waals surface area (Å²) in [5.41, 5.74) is 0.485. The Hall–Kier alpha value is -3.62. The highest BCUT2D eigenvalue weighted by molar-refractivity contribution is 5.92. The zero-order valence-electron chi connectivity index (χ0n) is 15.9. The number of methoxy groups -OCH3 is 1. The average Bonchev–Trinajstić information content (AvgIpc) is 2.66. The van der Waals surface area contributed by atoms with Crippen LogP contribution in [0.15, 0.2) is 41.5 Å². The van der Waals surface area contributed by atoms with Gasteiger partial charge in [-0.25, -0.2) is 13.8 Å². The summed E-state index contributed by atoms with van der Waals surface area (Å²) >= 11 is 0. The molecule has 0 atom stereocenters. The molecule has 0 aliphatic rings. The predicted molar refractivity (Wildman–Crippen MR) is 99.6 cm³/mol. The van der Waals surface area contributed by atoms with Gasteiger partial charge < -0.3 is 9.47 Å². The van der Waals surface area contributed by atoms with E-state index in [0.717, 1.165) is 6.20 Å². The lowest BCUT2D eigenvalue weighted by atomic mass is 10.2. The fraction of sp³-hybridized carbons (Fsp3) is 0.200. The SMILES string of the molecule is COc1cnc(C(C)=O)cc1-n1c(C)cc(OCc2ncc(F)cc2F)cc1=O. The van der Waals surface area contributed by atoms with Crippen LogP contribution in [0.4, 0.5) is 8.78 Å². The molecule has 3 aromatic heterocycles. The summed E-state index contributed by atoms with van der Waals surface area (Å²) in [4.78, 5) is 32.0. The first kappa shape index (κ1) is 20.1. The van der Waals surface area contributed by atoms with Gasteiger partial charge >= 0.3 is 0 Å². The van der Waals surface area contributed by atoms with Crippen LogP contribution in [0.5, 0.6) is 11.5 Å². The lowest BCUT2D eigenvalue weighted by Gasteiger charge is -2.15. The van der Waals surface area contributed by atoms with E-state index in [1.54, 1.807) is 13.0 Å². The number of ketones is 1. The van der Waals surface area contributed by atoms with Crippen LogP contribution >= 0.6 is 0 Å². The molecule has 0 saturated heterocycles. The summed E-state index contributed by atoms with van der Waals surface area (Å²) in [5, 5.41) is 0. The Morgan fingerprint density at radius 1 is 1.14 bits per heavy atom. The molecule has 0 spiro atoms. The summed E-state index contributed by atoms with van der Waals surface area (Å²) in [7, 11) is 1.43. The molecule has 150 valence electrons. The van der Waals surface area contributed by atoms with Crippen molar-refractivity contribution in [2.24, 2.45) is 0 Å². The Morgan fingerprint density at radius 2 is 1.90 bits per heavy atom. The third kappa shape index (κ3) is 4.29. The highest BCUT2D eigenvalue weighted by Crippen LogP contribution is 2.24. The van der Waals surface area contributed by atoms with Gasteiger partial charge in [0.15, 0.2) is 17.3 Å². The van der Waals surface area contributed by atoms with Crippen LogP contribution in [0, 0.1) is 18.6 Å². The molecule has 0 aliphatic carbocycles. The zero-order chi connectivity index (χ0) is 21.1. The second kappa shape index (κ2) is 8.17. The maximum atomic E-state index is 13.7. The van der Waals surface area contributed by atoms with E-state index in [1.807, 2.05) is 0 Å². The van der Waals surface area contributed by atoms with E-state index in [-0.39, 0.29) is 29.5 Å². The molecular formula is C20H17F2N3O4. The number of rotatable bonds is 6. The number of ether oxygens (including phenoxy) is 2. The van der Waals surface area contributed by atoms with Crippen molar-refractivity contribution < 1.29 is 23.0 Å². The van der Waals surface area contributed by atoms with Gasteiger partial charge in [0.2, 0.25) is 0 Å². The number of nitrogens with zero attached hydrogens (tertiary/aromatic N) is 3. The third-order valence-electron chi connectivity index (χ3n) is 4.12. The highest BCUT2D eigenvalue weighted by Gasteiger charge is 2.15. The molecule has 0 radical (unpaired) electrons. The summed E-state index contributed by atoms with van der Waals surface area (Å²) in [6.07, 6.45) is 2.25. The second-order valence-corrected chi connectivity index (χ2v) is 6.17. The van der Waals surface area contributed by atoms with Crippen molar-refractivity contribution in [1.82, 2.24) is 14.5 Å². The van der Waals surface area contributed by atoms with E-state index < -0.39 is 17.2 Å². The Morgan fingerprint density at radius 3 is 2.52 bits per heavy atom. The fourth-order valence-electron chi connectivity index (χ4n) is 2.72. The molecule has 7 nitrogen and oxygen atoms in total. The van der Waals surface area contributed by atoms with Gasteiger partial charge in [0.1, 0.15) is 29.6 Å². The molecule has 0 unspecified atom stereocenters. The van der Waals surface area contributed by atoms with Gasteiger partial charge in [-0.05, 0) is 13.0 Å². The molecule has 0 bridgehead atoms. The molecule has 0 fully saturated rings. The van der Waals surface area contributed by atoms with Crippen LogP contribution in [-0.2, 0) is 6.61 Å². The number of aryl methyl sites for hydroxylation is 1. The molecular weight excluding hydrogens is 384 g/mol. The van der Waals surface area contributed by atoms with Crippen molar-refractivity contribution in [1.29, 1.82) is 0 Å². The minimum atomic E-state index is -0.839. The lowest BCUT2D eigenvalue weighted by molar-refractivity contribution is 0.101. The first-order chi connectivity index (χ1) is 13.8. The summed E-state index contributed by atoms with van der Waals surface area (Å²) < 4.78 is 38.7. The monoisotopic (exact) mass is 401 g/mol. The molecule has 3 heterocycles. The Labute approximate surface area is 164 Å². The Balaban J connectivity index is 1.95. The number of aromatic nitrogens is 3. The van der Waals surface area contributed by atoms with Crippen molar-refractivity contribution in [2.45, 2.75) is 20.5 Å². The minimum absolute atomic E-state index is 0.0878. The molecule has 3 aromatic rings. The molecule has 0 N–H and O–H groups in total. The van der Waals surface area contributed by atoms with E-state index in [1.165, 1.54) is 36.9 Å². The standard InChI is InChI=1S/C20H17F2N3O4/c1-11-4-14(29-10-17-15(22)5-13(21)8-23-17)6-20(27)25(11)18-7-16(12(2)26)24-9-19(18)28-3/h4-9H,10H2,1-3H3. The normalized spacial score (nSPS) is 10.7. The number of carbonyl (C=O) groups excluding carboxylic acids is 1. The van der Waals surface area contributed by atoms with E-state index in [9.17, 15) is 18.4 Å². The van der Waals surface area contributed by atoms with Crippen molar-refractivity contribution in [2.75, 3.05) is 7.11 Å². The number of hydrogen-bond donors (Lipinski definition) is 0. The molecule has 0 aromatic carbocycles. The molecule has 9 heteroatoms. The maximum Gasteiger partial charge on any atom is 0.259 e. The molecule has 0 saturated carbocycles. The quantitative estimate of drug-likeness (QED) is 0.591. The lowest BCUT2D eigenvalue weighted by Crippen LogP contribution is -2.21. The number of pyridine rings is 3. The van der Waals surface area contributed by atoms with Crippen LogP contribution in [0.3, 0.4) is 0 Å². The molecule has 0 amide bonds. The molecule has 3 rings (SSSR count). The Kier molecular flexibility index (Phi) is 5.67. The minimum Gasteiger partial charge on any atom is -0.493 e.